The second kappa shape index (κ2) is 6.88. The molecule has 0 aromatic carbocycles. The number of anilines is 1. The van der Waals surface area contributed by atoms with Gasteiger partial charge in [0.1, 0.15) is 11.0 Å². The van der Waals surface area contributed by atoms with Gasteiger partial charge in [0.15, 0.2) is 0 Å². The van der Waals surface area contributed by atoms with Gasteiger partial charge in [0.2, 0.25) is 0 Å². The van der Waals surface area contributed by atoms with Gasteiger partial charge in [-0.3, -0.25) is 4.79 Å². The average molecular weight is 326 g/mol. The predicted molar refractivity (Wildman–Crippen MR) is 88.5 cm³/mol. The Balaban J connectivity index is 1.72. The van der Waals surface area contributed by atoms with E-state index in [1.54, 1.807) is 6.07 Å². The zero-order chi connectivity index (χ0) is 14.7. The summed E-state index contributed by atoms with van der Waals surface area (Å²) in [5.41, 5.74) is 0.620. The molecule has 1 N–H and O–H groups in total. The molecule has 0 spiro atoms. The van der Waals surface area contributed by atoms with Gasteiger partial charge in [0, 0.05) is 24.7 Å². The Hall–Kier alpha value is -0.940. The molecule has 6 heteroatoms. The first-order chi connectivity index (χ1) is 10.2. The van der Waals surface area contributed by atoms with Crippen molar-refractivity contribution < 1.29 is 4.79 Å². The molecule has 21 heavy (non-hydrogen) atoms. The van der Waals surface area contributed by atoms with E-state index in [4.69, 9.17) is 11.6 Å². The van der Waals surface area contributed by atoms with Crippen molar-refractivity contribution in [2.75, 3.05) is 29.5 Å². The monoisotopic (exact) mass is 325 g/mol. The molecule has 0 saturated carbocycles. The first-order valence-electron chi connectivity index (χ1n) is 7.53. The van der Waals surface area contributed by atoms with Crippen molar-refractivity contribution >= 4 is 35.1 Å². The standard InChI is InChI=1S/C15H20ClN3OS/c16-13-9-11(10-14(18-13)19-5-1-2-6-19)15(20)17-12-3-7-21-8-4-12/h9-10,12H,1-8H2,(H,17,20). The number of halogens is 1. The van der Waals surface area contributed by atoms with E-state index in [0.29, 0.717) is 16.8 Å². The molecule has 1 amide bonds. The van der Waals surface area contributed by atoms with E-state index in [-0.39, 0.29) is 5.91 Å². The lowest BCUT2D eigenvalue weighted by Crippen LogP contribution is -2.37. The maximum absolute atomic E-state index is 12.4. The van der Waals surface area contributed by atoms with E-state index in [1.807, 2.05) is 17.8 Å². The van der Waals surface area contributed by atoms with Crippen LogP contribution in [0.1, 0.15) is 36.0 Å². The molecular weight excluding hydrogens is 306 g/mol. The summed E-state index contributed by atoms with van der Waals surface area (Å²) in [5, 5.41) is 3.52. The molecule has 2 saturated heterocycles. The molecule has 3 rings (SSSR count). The van der Waals surface area contributed by atoms with Gasteiger partial charge in [-0.05, 0) is 49.3 Å². The van der Waals surface area contributed by atoms with Gasteiger partial charge in [0.05, 0.1) is 0 Å². The number of hydrogen-bond acceptors (Lipinski definition) is 4. The SMILES string of the molecule is O=C(NC1CCSCC1)c1cc(Cl)nc(N2CCCC2)c1. The number of carbonyl (C=O) groups is 1. The van der Waals surface area contributed by atoms with Crippen LogP contribution in [0.5, 0.6) is 0 Å². The minimum Gasteiger partial charge on any atom is -0.357 e. The van der Waals surface area contributed by atoms with Crippen LogP contribution in [0.15, 0.2) is 12.1 Å². The number of nitrogens with one attached hydrogen (secondary N) is 1. The Morgan fingerprint density at radius 1 is 1.29 bits per heavy atom. The fraction of sp³-hybridized carbons (Fsp3) is 0.600. The van der Waals surface area contributed by atoms with Gasteiger partial charge in [0.25, 0.3) is 5.91 Å². The molecule has 3 heterocycles. The Bertz CT molecular complexity index is 514. The fourth-order valence-corrected chi connectivity index (χ4v) is 4.14. The number of carbonyl (C=O) groups excluding carboxylic acids is 1. The van der Waals surface area contributed by atoms with E-state index >= 15 is 0 Å². The third-order valence-electron chi connectivity index (χ3n) is 4.03. The third kappa shape index (κ3) is 3.83. The average Bonchev–Trinajstić information content (AvgIpc) is 3.02. The van der Waals surface area contributed by atoms with Gasteiger partial charge < -0.3 is 10.2 Å². The normalized spacial score (nSPS) is 19.8. The van der Waals surface area contributed by atoms with Crippen molar-refractivity contribution in [1.82, 2.24) is 10.3 Å². The predicted octanol–water partition coefficient (Wildman–Crippen LogP) is 2.96. The van der Waals surface area contributed by atoms with E-state index < -0.39 is 0 Å². The Labute approximate surface area is 134 Å². The number of rotatable bonds is 3. The molecule has 0 bridgehead atoms. The van der Waals surface area contributed by atoms with Crippen molar-refractivity contribution in [2.45, 2.75) is 31.7 Å². The molecule has 4 nitrogen and oxygen atoms in total. The summed E-state index contributed by atoms with van der Waals surface area (Å²) in [7, 11) is 0. The Morgan fingerprint density at radius 3 is 2.71 bits per heavy atom. The zero-order valence-corrected chi connectivity index (χ0v) is 13.6. The first-order valence-corrected chi connectivity index (χ1v) is 9.07. The molecule has 0 atom stereocenters. The molecule has 1 aromatic heterocycles. The number of pyridine rings is 1. The summed E-state index contributed by atoms with van der Waals surface area (Å²) in [6.07, 6.45) is 4.45. The van der Waals surface area contributed by atoms with Crippen LogP contribution in [0, 0.1) is 0 Å². The smallest absolute Gasteiger partial charge is 0.251 e. The molecule has 0 radical (unpaired) electrons. The number of hydrogen-bond donors (Lipinski definition) is 1. The van der Waals surface area contributed by atoms with Gasteiger partial charge in [-0.1, -0.05) is 11.6 Å². The Morgan fingerprint density at radius 2 is 2.00 bits per heavy atom. The fourth-order valence-electron chi connectivity index (χ4n) is 2.83. The van der Waals surface area contributed by atoms with Crippen LogP contribution in [0.25, 0.3) is 0 Å². The van der Waals surface area contributed by atoms with Crippen molar-refractivity contribution in [3.8, 4) is 0 Å². The lowest BCUT2D eigenvalue weighted by molar-refractivity contribution is 0.0935. The summed E-state index contributed by atoms with van der Waals surface area (Å²) < 4.78 is 0. The quantitative estimate of drug-likeness (QED) is 0.868. The molecule has 0 aliphatic carbocycles. The second-order valence-corrected chi connectivity index (χ2v) is 7.20. The van der Waals surface area contributed by atoms with Crippen LogP contribution in [-0.4, -0.2) is 41.5 Å². The van der Waals surface area contributed by atoms with Crippen molar-refractivity contribution in [1.29, 1.82) is 0 Å². The van der Waals surface area contributed by atoms with Crippen LogP contribution in [-0.2, 0) is 0 Å². The van der Waals surface area contributed by atoms with Crippen molar-refractivity contribution in [3.63, 3.8) is 0 Å². The molecule has 114 valence electrons. The highest BCUT2D eigenvalue weighted by atomic mass is 35.5. The first kappa shape index (κ1) is 15.0. The lowest BCUT2D eigenvalue weighted by atomic mass is 10.1. The van der Waals surface area contributed by atoms with Crippen molar-refractivity contribution in [2.24, 2.45) is 0 Å². The number of thioether (sulfide) groups is 1. The van der Waals surface area contributed by atoms with Crippen LogP contribution in [0.3, 0.4) is 0 Å². The van der Waals surface area contributed by atoms with E-state index in [9.17, 15) is 4.79 Å². The lowest BCUT2D eigenvalue weighted by Gasteiger charge is -2.23. The van der Waals surface area contributed by atoms with E-state index in [2.05, 4.69) is 15.2 Å². The molecule has 1 aromatic rings. The second-order valence-electron chi connectivity index (χ2n) is 5.59. The molecule has 2 fully saturated rings. The third-order valence-corrected chi connectivity index (χ3v) is 5.27. The van der Waals surface area contributed by atoms with Gasteiger partial charge in [-0.15, -0.1) is 0 Å². The number of aromatic nitrogens is 1. The van der Waals surface area contributed by atoms with Crippen LogP contribution in [0.4, 0.5) is 5.82 Å². The van der Waals surface area contributed by atoms with Crippen LogP contribution < -0.4 is 10.2 Å². The van der Waals surface area contributed by atoms with Gasteiger partial charge >= 0.3 is 0 Å². The van der Waals surface area contributed by atoms with Crippen molar-refractivity contribution in [3.05, 3.63) is 22.8 Å². The molecule has 2 aliphatic rings. The maximum atomic E-state index is 12.4. The van der Waals surface area contributed by atoms with Gasteiger partial charge in [-0.25, -0.2) is 4.98 Å². The van der Waals surface area contributed by atoms with Crippen LogP contribution >= 0.6 is 23.4 Å². The zero-order valence-electron chi connectivity index (χ0n) is 12.0. The van der Waals surface area contributed by atoms with Gasteiger partial charge in [-0.2, -0.15) is 11.8 Å². The summed E-state index contributed by atoms with van der Waals surface area (Å²) in [5.74, 6) is 3.04. The molecular formula is C15H20ClN3OS. The highest BCUT2D eigenvalue weighted by Crippen LogP contribution is 2.23. The largest absolute Gasteiger partial charge is 0.357 e. The molecule has 2 aliphatic heterocycles. The summed E-state index contributed by atoms with van der Waals surface area (Å²) >= 11 is 8.05. The minimum absolute atomic E-state index is 0.0309. The highest BCUT2D eigenvalue weighted by Gasteiger charge is 2.20. The maximum Gasteiger partial charge on any atom is 0.251 e. The molecule has 0 unspecified atom stereocenters. The highest BCUT2D eigenvalue weighted by molar-refractivity contribution is 7.99. The van der Waals surface area contributed by atoms with E-state index in [0.717, 1.165) is 43.3 Å². The summed E-state index contributed by atoms with van der Waals surface area (Å²) in [6.45, 7) is 1.99. The minimum atomic E-state index is -0.0309. The number of amides is 1. The summed E-state index contributed by atoms with van der Waals surface area (Å²) in [6, 6.07) is 3.82. The number of nitrogens with zero attached hydrogens (tertiary/aromatic N) is 2. The van der Waals surface area contributed by atoms with E-state index in [1.165, 1.54) is 12.8 Å². The summed E-state index contributed by atoms with van der Waals surface area (Å²) in [4.78, 5) is 19.0. The Kier molecular flexibility index (Phi) is 4.91. The van der Waals surface area contributed by atoms with Crippen LogP contribution in [0.2, 0.25) is 5.15 Å². The topological polar surface area (TPSA) is 45.2 Å².